The zero-order valence-electron chi connectivity index (χ0n) is 46.7. The lowest BCUT2D eigenvalue weighted by Gasteiger charge is -2.33. The lowest BCUT2D eigenvalue weighted by Crippen LogP contribution is -2.53. The molecule has 0 aromatic heterocycles. The van der Waals surface area contributed by atoms with Gasteiger partial charge in [0.15, 0.2) is 0 Å². The molecule has 5 aromatic rings. The van der Waals surface area contributed by atoms with Crippen molar-refractivity contribution in [3.05, 3.63) is 170 Å². The summed E-state index contributed by atoms with van der Waals surface area (Å²) in [7, 11) is 0. The van der Waals surface area contributed by atoms with Gasteiger partial charge in [0, 0.05) is 92.8 Å². The molecule has 0 heterocycles. The number of rotatable bonds is 17. The number of aldehydes is 1. The lowest BCUT2D eigenvalue weighted by molar-refractivity contribution is 0.0714. The average Bonchev–Trinajstić information content (AvgIpc) is 3.69. The Morgan fingerprint density at radius 1 is 0.360 bits per heavy atom. The molecule has 0 aliphatic heterocycles. The average molecular weight is 1190 g/mol. The molecule has 0 saturated heterocycles. The van der Waals surface area contributed by atoms with Gasteiger partial charge in [0.1, 0.15) is 6.29 Å². The van der Waals surface area contributed by atoms with Crippen LogP contribution in [0.1, 0.15) is 196 Å². The molecule has 18 nitrogen and oxygen atoms in total. The first kappa shape index (κ1) is 61.7. The molecular formula is C63H65F5N8O10. The molecule has 86 heavy (non-hydrogen) atoms. The third-order valence-corrected chi connectivity index (χ3v) is 16.4. The highest BCUT2D eigenvalue weighted by Gasteiger charge is 2.34. The summed E-state index contributed by atoms with van der Waals surface area (Å²) in [5, 5.41) is 20.9. The SMILES string of the molecule is NC1CCCCC1NC(=O)c1cccc(C(=O)NC2CCCCC2NC(=O)c2cccc(C(=O)NC3CCCCC3NC(=O)c3cccc(C(=O)NC4CCCCC4NC(=O)c4cc(C=O)cc(C(=O)Oc5c(F)c(F)c(F)c(F)c5F)c4)c3)c2)c1. The van der Waals surface area contributed by atoms with Gasteiger partial charge in [0.05, 0.1) is 5.56 Å². The monoisotopic (exact) mass is 1190 g/mol. The fourth-order valence-electron chi connectivity index (χ4n) is 11.7. The highest BCUT2D eigenvalue weighted by molar-refractivity contribution is 6.03. The molecule has 4 aliphatic rings. The molecule has 9 N–H and O–H groups in total. The molecule has 0 bridgehead atoms. The summed E-state index contributed by atoms with van der Waals surface area (Å²) >= 11 is 0. The van der Waals surface area contributed by atoms with Crippen LogP contribution in [0.3, 0.4) is 0 Å². The van der Waals surface area contributed by atoms with Crippen molar-refractivity contribution in [2.75, 3.05) is 0 Å². The molecule has 23 heteroatoms. The van der Waals surface area contributed by atoms with Gasteiger partial charge in [-0.25, -0.2) is 18.0 Å². The second-order valence-corrected chi connectivity index (χ2v) is 22.4. The van der Waals surface area contributed by atoms with Crippen LogP contribution in [-0.2, 0) is 0 Å². The lowest BCUT2D eigenvalue weighted by atomic mass is 9.89. The van der Waals surface area contributed by atoms with Gasteiger partial charge in [-0.3, -0.25) is 38.4 Å². The Morgan fingerprint density at radius 3 is 0.930 bits per heavy atom. The minimum atomic E-state index is -2.47. The molecule has 5 aromatic carbocycles. The van der Waals surface area contributed by atoms with Gasteiger partial charge in [-0.05, 0) is 124 Å². The van der Waals surface area contributed by atoms with Crippen LogP contribution in [0.4, 0.5) is 22.0 Å². The van der Waals surface area contributed by atoms with Gasteiger partial charge in [-0.2, -0.15) is 8.78 Å². The maximum atomic E-state index is 14.3. The van der Waals surface area contributed by atoms with E-state index in [-0.39, 0.29) is 63.6 Å². The number of benzene rings is 5. The Labute approximate surface area is 491 Å². The first-order valence-corrected chi connectivity index (χ1v) is 28.9. The summed E-state index contributed by atoms with van der Waals surface area (Å²) in [6.07, 6.45) is 11.5. The number of hydrogen-bond acceptors (Lipinski definition) is 11. The molecule has 4 aliphatic carbocycles. The summed E-state index contributed by atoms with van der Waals surface area (Å²) in [5.41, 5.74) is 6.42. The largest absolute Gasteiger partial charge is 0.416 e. The van der Waals surface area contributed by atoms with Gasteiger partial charge in [-0.1, -0.05) is 69.6 Å². The predicted molar refractivity (Wildman–Crippen MR) is 303 cm³/mol. The maximum absolute atomic E-state index is 14.3. The Hall–Kier alpha value is -8.86. The molecule has 8 atom stereocenters. The Balaban J connectivity index is 0.781. The number of esters is 1. The van der Waals surface area contributed by atoms with Gasteiger partial charge in [0.2, 0.25) is 34.8 Å². The van der Waals surface area contributed by atoms with E-state index in [1.165, 1.54) is 30.3 Å². The topological polar surface area (TPSA) is 273 Å². The van der Waals surface area contributed by atoms with Crippen LogP contribution in [0, 0.1) is 29.1 Å². The van der Waals surface area contributed by atoms with Crippen molar-refractivity contribution in [3.63, 3.8) is 0 Å². The smallest absolute Gasteiger partial charge is 0.343 e. The number of ether oxygens (including phenoxy) is 1. The molecule has 9 rings (SSSR count). The minimum Gasteiger partial charge on any atom is -0.416 e. The van der Waals surface area contributed by atoms with Crippen molar-refractivity contribution in [3.8, 4) is 5.75 Å². The van der Waals surface area contributed by atoms with Crippen molar-refractivity contribution >= 4 is 53.6 Å². The Morgan fingerprint density at radius 2 is 0.616 bits per heavy atom. The predicted octanol–water partition coefficient (Wildman–Crippen LogP) is 7.83. The first-order chi connectivity index (χ1) is 41.3. The van der Waals surface area contributed by atoms with Crippen molar-refractivity contribution in [2.24, 2.45) is 5.73 Å². The quantitative estimate of drug-likeness (QED) is 0.0111. The zero-order chi connectivity index (χ0) is 61.2. The van der Waals surface area contributed by atoms with Crippen LogP contribution >= 0.6 is 0 Å². The second kappa shape index (κ2) is 27.9. The third kappa shape index (κ3) is 14.8. The van der Waals surface area contributed by atoms with Crippen LogP contribution in [0.2, 0.25) is 0 Å². The number of nitrogens with two attached hydrogens (primary N) is 1. The fourth-order valence-corrected chi connectivity index (χ4v) is 11.7. The van der Waals surface area contributed by atoms with Crippen LogP contribution < -0.4 is 47.7 Å². The summed E-state index contributed by atoms with van der Waals surface area (Å²) in [6.45, 7) is 0. The van der Waals surface area contributed by atoms with Crippen LogP contribution in [0.15, 0.2) is 91.0 Å². The summed E-state index contributed by atoms with van der Waals surface area (Å²) < 4.78 is 74.4. The van der Waals surface area contributed by atoms with E-state index in [2.05, 4.69) is 42.0 Å². The molecule has 8 unspecified atom stereocenters. The number of hydrogen-bond donors (Lipinski definition) is 8. The standard InChI is InChI=1S/C63H65F5N8O10/c64-50-51(65)53(67)55(54(68)52(50)66)86-63(85)41-27-33(32-77)26-40(31-41)62(84)76-49-25-8-7-24-48(49)75-61(83)39-17-11-16-38(30-39)60(82)74-47-23-6-5-22-46(47)73-59(81)37-15-10-14-36(29-37)58(80)72-45-21-4-3-20-44(45)71-57(79)35-13-9-12-34(28-35)56(78)70-43-19-2-1-18-42(43)69/h9-17,26-32,42-49H,1-8,18-25,69H2,(H,70,78)(H,71,79)(H,72,80)(H,73,81)(H,74,82)(H,75,83)(H,76,84). The van der Waals surface area contributed by atoms with Crippen molar-refractivity contribution in [2.45, 2.75) is 151 Å². The molecule has 4 saturated carbocycles. The number of amides is 7. The summed E-state index contributed by atoms with van der Waals surface area (Å²) in [5.74, 6) is -19.0. The fraction of sp³-hybridized carbons (Fsp3) is 0.381. The Bertz CT molecular complexity index is 3430. The Kier molecular flexibility index (Phi) is 20.0. The summed E-state index contributed by atoms with van der Waals surface area (Å²) in [4.78, 5) is 121. The maximum Gasteiger partial charge on any atom is 0.343 e. The highest BCUT2D eigenvalue weighted by Crippen LogP contribution is 2.31. The third-order valence-electron chi connectivity index (χ3n) is 16.4. The van der Waals surface area contributed by atoms with Crippen molar-refractivity contribution < 1.29 is 69.8 Å². The zero-order valence-corrected chi connectivity index (χ0v) is 46.7. The molecular weight excluding hydrogens is 1120 g/mol. The van der Waals surface area contributed by atoms with E-state index in [0.29, 0.717) is 62.5 Å². The van der Waals surface area contributed by atoms with Crippen molar-refractivity contribution in [1.82, 2.24) is 37.2 Å². The molecule has 7 amide bonds. The van der Waals surface area contributed by atoms with Crippen LogP contribution in [0.25, 0.3) is 0 Å². The van der Waals surface area contributed by atoms with E-state index in [9.17, 15) is 65.1 Å². The number of nitrogens with one attached hydrogen (secondary N) is 7. The van der Waals surface area contributed by atoms with Crippen molar-refractivity contribution in [1.29, 1.82) is 0 Å². The highest BCUT2D eigenvalue weighted by atomic mass is 19.2. The van der Waals surface area contributed by atoms with Crippen LogP contribution in [0.5, 0.6) is 5.75 Å². The van der Waals surface area contributed by atoms with E-state index < -0.39 is 112 Å². The summed E-state index contributed by atoms with van der Waals surface area (Å²) in [6, 6.07) is 18.2. The van der Waals surface area contributed by atoms with Gasteiger partial charge >= 0.3 is 5.97 Å². The van der Waals surface area contributed by atoms with E-state index in [1.54, 1.807) is 42.5 Å². The first-order valence-electron chi connectivity index (χ1n) is 28.9. The second-order valence-electron chi connectivity index (χ2n) is 22.4. The molecule has 0 spiro atoms. The van der Waals surface area contributed by atoms with Gasteiger partial charge < -0.3 is 47.7 Å². The number of halogens is 5. The minimum absolute atomic E-state index is 0.119. The molecule has 4 fully saturated rings. The van der Waals surface area contributed by atoms with E-state index in [0.717, 1.165) is 69.6 Å². The molecule has 0 radical (unpaired) electrons. The normalized spacial score (nSPS) is 22.0. The number of carbonyl (C=O) groups excluding carboxylic acids is 9. The van der Waals surface area contributed by atoms with Gasteiger partial charge in [0.25, 0.3) is 41.4 Å². The van der Waals surface area contributed by atoms with Crippen LogP contribution in [-0.4, -0.2) is 102 Å². The van der Waals surface area contributed by atoms with Gasteiger partial charge in [-0.15, -0.1) is 0 Å². The number of carbonyl (C=O) groups is 9. The van der Waals surface area contributed by atoms with E-state index >= 15 is 0 Å². The van der Waals surface area contributed by atoms with E-state index in [4.69, 9.17) is 5.73 Å². The van der Waals surface area contributed by atoms with E-state index in [1.807, 2.05) is 0 Å². The molecule has 452 valence electrons.